The number of hydrogen-bond acceptors (Lipinski definition) is 6. The molecule has 1 aliphatic heterocycles. The van der Waals surface area contributed by atoms with Gasteiger partial charge in [-0.25, -0.2) is 14.2 Å². The molecule has 1 heterocycles. The first kappa shape index (κ1) is 17.5. The van der Waals surface area contributed by atoms with Gasteiger partial charge in [-0.05, 0) is 42.5 Å². The Hall–Kier alpha value is -3.35. The molecule has 0 atom stereocenters. The van der Waals surface area contributed by atoms with E-state index in [1.807, 2.05) is 0 Å². The predicted molar refractivity (Wildman–Crippen MR) is 93.1 cm³/mol. The lowest BCUT2D eigenvalue weighted by Crippen LogP contribution is -2.05. The average Bonchev–Trinajstić information content (AvgIpc) is 3.02. The first-order chi connectivity index (χ1) is 12.6. The second kappa shape index (κ2) is 7.26. The van der Waals surface area contributed by atoms with Crippen molar-refractivity contribution >= 4 is 17.9 Å². The monoisotopic (exact) mass is 357 g/mol. The number of carbonyl (C=O) groups excluding carboxylic acids is 1. The molecule has 6 nitrogen and oxygen atoms in total. The van der Waals surface area contributed by atoms with Crippen LogP contribution in [0.25, 0.3) is 6.08 Å². The van der Waals surface area contributed by atoms with Crippen LogP contribution in [0.3, 0.4) is 0 Å². The van der Waals surface area contributed by atoms with Crippen LogP contribution < -0.4 is 14.2 Å². The zero-order chi connectivity index (χ0) is 18.7. The van der Waals surface area contributed by atoms with Crippen molar-refractivity contribution in [3.8, 4) is 17.2 Å². The van der Waals surface area contributed by atoms with Crippen LogP contribution in [0, 0.1) is 5.82 Å². The Bertz CT molecular complexity index is 903. The summed E-state index contributed by atoms with van der Waals surface area (Å²) in [6, 6.07) is 8.92. The number of methoxy groups -OCH3 is 3. The van der Waals surface area contributed by atoms with E-state index in [1.165, 1.54) is 51.7 Å². The molecule has 2 aromatic rings. The Labute approximate surface area is 149 Å². The standard InChI is InChI=1S/C19H16FNO5/c1-23-15-9-6-12(16(24-2)17(15)25-3)10-14-19(22)26-18(21-14)11-4-7-13(20)8-5-11/h4-10H,1-3H3/b14-10+. The zero-order valence-electron chi connectivity index (χ0n) is 14.4. The van der Waals surface area contributed by atoms with Crippen molar-refractivity contribution in [2.75, 3.05) is 21.3 Å². The van der Waals surface area contributed by atoms with Crippen molar-refractivity contribution in [1.82, 2.24) is 0 Å². The van der Waals surface area contributed by atoms with Gasteiger partial charge >= 0.3 is 5.97 Å². The lowest BCUT2D eigenvalue weighted by Gasteiger charge is -2.14. The number of rotatable bonds is 5. The molecule has 0 aromatic heterocycles. The largest absolute Gasteiger partial charge is 0.493 e. The van der Waals surface area contributed by atoms with Gasteiger partial charge in [0, 0.05) is 11.1 Å². The summed E-state index contributed by atoms with van der Waals surface area (Å²) in [6.45, 7) is 0. The number of hydrogen-bond donors (Lipinski definition) is 0. The first-order valence-corrected chi connectivity index (χ1v) is 7.65. The molecule has 0 spiro atoms. The van der Waals surface area contributed by atoms with Crippen LogP contribution in [0.1, 0.15) is 11.1 Å². The van der Waals surface area contributed by atoms with Gasteiger partial charge in [-0.15, -0.1) is 0 Å². The third kappa shape index (κ3) is 3.23. The Morgan fingerprint density at radius 2 is 1.65 bits per heavy atom. The molecule has 0 fully saturated rings. The van der Waals surface area contributed by atoms with E-state index in [4.69, 9.17) is 18.9 Å². The Morgan fingerprint density at radius 3 is 2.27 bits per heavy atom. The van der Waals surface area contributed by atoms with Crippen LogP contribution in [0.5, 0.6) is 17.2 Å². The minimum absolute atomic E-state index is 0.0924. The number of cyclic esters (lactones) is 1. The second-order valence-electron chi connectivity index (χ2n) is 5.27. The number of ether oxygens (including phenoxy) is 4. The molecule has 26 heavy (non-hydrogen) atoms. The molecule has 0 saturated heterocycles. The fourth-order valence-corrected chi connectivity index (χ4v) is 2.51. The van der Waals surface area contributed by atoms with Crippen LogP contribution in [-0.2, 0) is 9.53 Å². The maximum atomic E-state index is 13.0. The van der Waals surface area contributed by atoms with Gasteiger partial charge in [-0.2, -0.15) is 0 Å². The van der Waals surface area contributed by atoms with E-state index in [9.17, 15) is 9.18 Å². The normalized spacial score (nSPS) is 14.8. The molecule has 0 bridgehead atoms. The van der Waals surface area contributed by atoms with E-state index in [1.54, 1.807) is 12.1 Å². The molecule has 3 rings (SSSR count). The van der Waals surface area contributed by atoms with E-state index in [2.05, 4.69) is 4.99 Å². The summed E-state index contributed by atoms with van der Waals surface area (Å²) in [6.07, 6.45) is 1.53. The molecule has 0 saturated carbocycles. The third-order valence-electron chi connectivity index (χ3n) is 3.74. The van der Waals surface area contributed by atoms with E-state index in [0.29, 0.717) is 28.4 Å². The highest BCUT2D eigenvalue weighted by molar-refractivity contribution is 6.13. The van der Waals surface area contributed by atoms with Crippen LogP contribution >= 0.6 is 0 Å². The van der Waals surface area contributed by atoms with Gasteiger partial charge < -0.3 is 18.9 Å². The number of halogens is 1. The van der Waals surface area contributed by atoms with Crippen LogP contribution in [-0.4, -0.2) is 33.2 Å². The summed E-state index contributed by atoms with van der Waals surface area (Å²) < 4.78 is 34.2. The maximum absolute atomic E-state index is 13.0. The van der Waals surface area contributed by atoms with Crippen molar-refractivity contribution < 1.29 is 28.1 Å². The fraction of sp³-hybridized carbons (Fsp3) is 0.158. The molecule has 0 radical (unpaired) electrons. The lowest BCUT2D eigenvalue weighted by atomic mass is 10.1. The zero-order valence-corrected chi connectivity index (χ0v) is 14.4. The van der Waals surface area contributed by atoms with Crippen LogP contribution in [0.4, 0.5) is 4.39 Å². The van der Waals surface area contributed by atoms with E-state index < -0.39 is 5.97 Å². The molecular weight excluding hydrogens is 341 g/mol. The summed E-state index contributed by atoms with van der Waals surface area (Å²) in [5, 5.41) is 0. The van der Waals surface area contributed by atoms with Crippen LogP contribution in [0.2, 0.25) is 0 Å². The highest BCUT2D eigenvalue weighted by Crippen LogP contribution is 2.40. The Kier molecular flexibility index (Phi) is 4.88. The van der Waals surface area contributed by atoms with Gasteiger partial charge in [0.1, 0.15) is 5.82 Å². The van der Waals surface area contributed by atoms with E-state index >= 15 is 0 Å². The van der Waals surface area contributed by atoms with Crippen molar-refractivity contribution in [2.24, 2.45) is 4.99 Å². The quantitative estimate of drug-likeness (QED) is 0.607. The minimum atomic E-state index is -0.610. The molecule has 134 valence electrons. The summed E-state index contributed by atoms with van der Waals surface area (Å²) in [5.41, 5.74) is 1.17. The molecule has 0 unspecified atom stereocenters. The van der Waals surface area contributed by atoms with Crippen LogP contribution in [0.15, 0.2) is 47.1 Å². The van der Waals surface area contributed by atoms with Crippen molar-refractivity contribution in [3.05, 3.63) is 59.0 Å². The first-order valence-electron chi connectivity index (χ1n) is 7.65. The van der Waals surface area contributed by atoms with Gasteiger partial charge in [0.15, 0.2) is 17.2 Å². The van der Waals surface area contributed by atoms with Gasteiger partial charge in [0.05, 0.1) is 21.3 Å². The van der Waals surface area contributed by atoms with Crippen molar-refractivity contribution in [3.63, 3.8) is 0 Å². The fourth-order valence-electron chi connectivity index (χ4n) is 2.51. The van der Waals surface area contributed by atoms with Gasteiger partial charge in [-0.3, -0.25) is 0 Å². The van der Waals surface area contributed by atoms with Gasteiger partial charge in [0.2, 0.25) is 11.6 Å². The van der Waals surface area contributed by atoms with Crippen molar-refractivity contribution in [2.45, 2.75) is 0 Å². The number of carbonyl (C=O) groups is 1. The number of benzene rings is 2. The Morgan fingerprint density at radius 1 is 0.962 bits per heavy atom. The smallest absolute Gasteiger partial charge is 0.363 e. The molecule has 0 aliphatic carbocycles. The molecule has 7 heteroatoms. The highest BCUT2D eigenvalue weighted by Gasteiger charge is 2.25. The third-order valence-corrected chi connectivity index (χ3v) is 3.74. The molecule has 0 N–H and O–H groups in total. The maximum Gasteiger partial charge on any atom is 0.363 e. The number of esters is 1. The summed E-state index contributed by atoms with van der Waals surface area (Å²) >= 11 is 0. The van der Waals surface area contributed by atoms with Gasteiger partial charge in [0.25, 0.3) is 0 Å². The number of aliphatic imine (C=N–C) groups is 1. The molecule has 0 amide bonds. The van der Waals surface area contributed by atoms with E-state index in [0.717, 1.165) is 0 Å². The molecule has 1 aliphatic rings. The number of nitrogens with zero attached hydrogens (tertiary/aromatic N) is 1. The van der Waals surface area contributed by atoms with Gasteiger partial charge in [-0.1, -0.05) is 0 Å². The molecule has 2 aromatic carbocycles. The molecular formula is C19H16FNO5. The SMILES string of the molecule is COc1ccc(/C=C2/N=C(c3ccc(F)cc3)OC2=O)c(OC)c1OC. The lowest BCUT2D eigenvalue weighted by molar-refractivity contribution is -0.129. The highest BCUT2D eigenvalue weighted by atomic mass is 19.1. The van der Waals surface area contributed by atoms with E-state index in [-0.39, 0.29) is 17.4 Å². The van der Waals surface area contributed by atoms with Crippen molar-refractivity contribution in [1.29, 1.82) is 0 Å². The Balaban J connectivity index is 2.02. The minimum Gasteiger partial charge on any atom is -0.493 e. The second-order valence-corrected chi connectivity index (χ2v) is 5.27. The summed E-state index contributed by atoms with van der Waals surface area (Å²) in [7, 11) is 4.49. The predicted octanol–water partition coefficient (Wildman–Crippen LogP) is 3.20. The summed E-state index contributed by atoms with van der Waals surface area (Å²) in [4.78, 5) is 16.3. The topological polar surface area (TPSA) is 66.4 Å². The average molecular weight is 357 g/mol. The summed E-state index contributed by atoms with van der Waals surface area (Å²) in [5.74, 6) is 0.415.